The summed E-state index contributed by atoms with van der Waals surface area (Å²) in [7, 11) is 0. The molecule has 0 aliphatic heterocycles. The van der Waals surface area contributed by atoms with Crippen molar-refractivity contribution >= 4 is 28.0 Å². The Balaban J connectivity index is 1.92. The summed E-state index contributed by atoms with van der Waals surface area (Å²) in [6, 6.07) is 12.6. The molecule has 0 bridgehead atoms. The molecule has 0 aliphatic rings. The van der Waals surface area contributed by atoms with Crippen LogP contribution in [0.3, 0.4) is 0 Å². The van der Waals surface area contributed by atoms with Crippen LogP contribution in [0.5, 0.6) is 0 Å². The average molecular weight is 267 g/mol. The number of nitrogens with zero attached hydrogens (tertiary/aromatic N) is 1. The van der Waals surface area contributed by atoms with Crippen molar-refractivity contribution in [3.05, 3.63) is 64.3 Å². The minimum atomic E-state index is -0.404. The number of aromatic nitrogens is 1. The molecular weight excluding hydrogens is 254 g/mol. The van der Waals surface area contributed by atoms with Crippen LogP contribution in [0.4, 0.5) is 17.1 Å². The van der Waals surface area contributed by atoms with Gasteiger partial charge in [0.1, 0.15) is 0 Å². The first-order chi connectivity index (χ1) is 9.63. The topological polar surface area (TPSA) is 71.0 Å². The third-order valence-electron chi connectivity index (χ3n) is 3.19. The number of nitrogens with one attached hydrogen (secondary N) is 2. The van der Waals surface area contributed by atoms with Crippen molar-refractivity contribution in [3.8, 4) is 0 Å². The number of anilines is 2. The Kier molecular flexibility index (Phi) is 2.87. The Morgan fingerprint density at radius 1 is 1.15 bits per heavy atom. The molecule has 2 N–H and O–H groups in total. The quantitative estimate of drug-likeness (QED) is 0.553. The number of benzene rings is 2. The van der Waals surface area contributed by atoms with E-state index in [1.54, 1.807) is 12.1 Å². The molecule has 0 spiro atoms. The van der Waals surface area contributed by atoms with E-state index in [-0.39, 0.29) is 5.69 Å². The molecule has 5 nitrogen and oxygen atoms in total. The Hall–Kier alpha value is -2.82. The van der Waals surface area contributed by atoms with E-state index in [1.165, 1.54) is 17.7 Å². The summed E-state index contributed by atoms with van der Waals surface area (Å²) in [4.78, 5) is 13.4. The zero-order valence-electron chi connectivity index (χ0n) is 10.9. The van der Waals surface area contributed by atoms with E-state index >= 15 is 0 Å². The van der Waals surface area contributed by atoms with Crippen molar-refractivity contribution in [3.63, 3.8) is 0 Å². The summed E-state index contributed by atoms with van der Waals surface area (Å²) in [6.45, 7) is 2.04. The number of non-ortho nitro benzene ring substituents is 1. The fraction of sp³-hybridized carbons (Fsp3) is 0.0667. The number of nitro benzene ring substituents is 1. The Morgan fingerprint density at radius 3 is 2.60 bits per heavy atom. The van der Waals surface area contributed by atoms with E-state index in [2.05, 4.69) is 22.4 Å². The lowest BCUT2D eigenvalue weighted by atomic mass is 10.1. The predicted molar refractivity (Wildman–Crippen MR) is 79.4 cm³/mol. The molecule has 1 heterocycles. The molecule has 0 fully saturated rings. The normalized spacial score (nSPS) is 10.7. The van der Waals surface area contributed by atoms with Crippen molar-refractivity contribution in [2.75, 3.05) is 5.32 Å². The molecule has 0 atom stereocenters. The van der Waals surface area contributed by atoms with Crippen LogP contribution in [0.15, 0.2) is 48.7 Å². The van der Waals surface area contributed by atoms with Gasteiger partial charge in [-0.15, -0.1) is 0 Å². The van der Waals surface area contributed by atoms with Gasteiger partial charge in [-0.3, -0.25) is 10.1 Å². The van der Waals surface area contributed by atoms with Crippen LogP contribution < -0.4 is 5.32 Å². The maximum atomic E-state index is 10.6. The lowest BCUT2D eigenvalue weighted by Gasteiger charge is -2.05. The van der Waals surface area contributed by atoms with Gasteiger partial charge in [0.15, 0.2) is 0 Å². The number of nitro groups is 1. The van der Waals surface area contributed by atoms with Gasteiger partial charge in [0.25, 0.3) is 5.69 Å². The van der Waals surface area contributed by atoms with Crippen molar-refractivity contribution in [1.29, 1.82) is 0 Å². The van der Waals surface area contributed by atoms with Crippen molar-refractivity contribution in [1.82, 2.24) is 4.98 Å². The van der Waals surface area contributed by atoms with E-state index in [9.17, 15) is 10.1 Å². The molecule has 0 saturated carbocycles. The molecule has 3 aromatic rings. The Morgan fingerprint density at radius 2 is 1.90 bits per heavy atom. The summed E-state index contributed by atoms with van der Waals surface area (Å²) in [5.74, 6) is 0. The van der Waals surface area contributed by atoms with Crippen LogP contribution in [0.2, 0.25) is 0 Å². The van der Waals surface area contributed by atoms with Crippen LogP contribution in [0, 0.1) is 17.0 Å². The Bertz CT molecular complexity index is 775. The molecule has 0 unspecified atom stereocenters. The van der Waals surface area contributed by atoms with E-state index in [1.807, 2.05) is 19.2 Å². The number of rotatable bonds is 3. The van der Waals surface area contributed by atoms with Crippen LogP contribution >= 0.6 is 0 Å². The number of H-pyrrole nitrogens is 1. The highest BCUT2D eigenvalue weighted by molar-refractivity contribution is 5.94. The summed E-state index contributed by atoms with van der Waals surface area (Å²) in [5, 5.41) is 15.0. The smallest absolute Gasteiger partial charge is 0.269 e. The zero-order chi connectivity index (χ0) is 14.1. The van der Waals surface area contributed by atoms with E-state index in [0.717, 1.165) is 22.3 Å². The van der Waals surface area contributed by atoms with Gasteiger partial charge in [-0.25, -0.2) is 0 Å². The average Bonchev–Trinajstić information content (AvgIpc) is 2.82. The summed E-state index contributed by atoms with van der Waals surface area (Å²) >= 11 is 0. The largest absolute Gasteiger partial charge is 0.359 e. The molecule has 5 heteroatoms. The van der Waals surface area contributed by atoms with E-state index < -0.39 is 4.92 Å². The van der Waals surface area contributed by atoms with Gasteiger partial charge < -0.3 is 10.3 Å². The standard InChI is InChI=1S/C15H13N3O2/c1-10-2-7-14-13(8-10)15(9-16-14)17-11-3-5-12(6-4-11)18(19)20/h2-9,16-17H,1H3. The van der Waals surface area contributed by atoms with Gasteiger partial charge in [-0.1, -0.05) is 11.6 Å². The van der Waals surface area contributed by atoms with Gasteiger partial charge in [0.2, 0.25) is 0 Å². The van der Waals surface area contributed by atoms with Gasteiger partial charge in [-0.05, 0) is 31.2 Å². The molecule has 100 valence electrons. The molecule has 0 amide bonds. The highest BCUT2D eigenvalue weighted by Crippen LogP contribution is 2.27. The lowest BCUT2D eigenvalue weighted by Crippen LogP contribution is -1.91. The minimum absolute atomic E-state index is 0.0883. The number of fused-ring (bicyclic) bond motifs is 1. The molecule has 0 radical (unpaired) electrons. The monoisotopic (exact) mass is 267 g/mol. The molecule has 0 saturated heterocycles. The Labute approximate surface area is 115 Å². The van der Waals surface area contributed by atoms with Crippen molar-refractivity contribution in [2.45, 2.75) is 6.92 Å². The van der Waals surface area contributed by atoms with Gasteiger partial charge in [0.05, 0.1) is 10.6 Å². The number of aryl methyl sites for hydroxylation is 1. The lowest BCUT2D eigenvalue weighted by molar-refractivity contribution is -0.384. The summed E-state index contributed by atoms with van der Waals surface area (Å²) in [6.07, 6.45) is 1.89. The number of aromatic amines is 1. The SMILES string of the molecule is Cc1ccc2[nH]cc(Nc3ccc([N+](=O)[O-])cc3)c2c1. The predicted octanol–water partition coefficient (Wildman–Crippen LogP) is 4.13. The molecular formula is C15H13N3O2. The second kappa shape index (κ2) is 4.70. The van der Waals surface area contributed by atoms with Crippen LogP contribution in [-0.2, 0) is 0 Å². The molecule has 1 aromatic heterocycles. The number of hydrogen-bond acceptors (Lipinski definition) is 3. The molecule has 3 rings (SSSR count). The zero-order valence-corrected chi connectivity index (χ0v) is 10.9. The van der Waals surface area contributed by atoms with Crippen LogP contribution in [0.1, 0.15) is 5.56 Å². The van der Waals surface area contributed by atoms with Crippen LogP contribution in [0.25, 0.3) is 10.9 Å². The van der Waals surface area contributed by atoms with Crippen molar-refractivity contribution < 1.29 is 4.92 Å². The maximum absolute atomic E-state index is 10.6. The van der Waals surface area contributed by atoms with Gasteiger partial charge in [-0.2, -0.15) is 0 Å². The first-order valence-corrected chi connectivity index (χ1v) is 6.23. The first-order valence-electron chi connectivity index (χ1n) is 6.23. The third-order valence-corrected chi connectivity index (χ3v) is 3.19. The summed E-state index contributed by atoms with van der Waals surface area (Å²) in [5.41, 5.74) is 4.10. The second-order valence-electron chi connectivity index (χ2n) is 4.68. The molecule has 2 aromatic carbocycles. The van der Waals surface area contributed by atoms with Crippen molar-refractivity contribution in [2.24, 2.45) is 0 Å². The van der Waals surface area contributed by atoms with Crippen LogP contribution in [-0.4, -0.2) is 9.91 Å². The van der Waals surface area contributed by atoms with Gasteiger partial charge in [0, 0.05) is 34.9 Å². The maximum Gasteiger partial charge on any atom is 0.269 e. The van der Waals surface area contributed by atoms with Gasteiger partial charge >= 0.3 is 0 Å². The highest BCUT2D eigenvalue weighted by atomic mass is 16.6. The van der Waals surface area contributed by atoms with E-state index in [0.29, 0.717) is 0 Å². The summed E-state index contributed by atoms with van der Waals surface area (Å²) < 4.78 is 0. The first kappa shape index (κ1) is 12.2. The second-order valence-corrected chi connectivity index (χ2v) is 4.68. The molecule has 0 aliphatic carbocycles. The van der Waals surface area contributed by atoms with E-state index in [4.69, 9.17) is 0 Å². The fourth-order valence-corrected chi connectivity index (χ4v) is 2.16. The molecule has 20 heavy (non-hydrogen) atoms. The fourth-order valence-electron chi connectivity index (χ4n) is 2.16. The third kappa shape index (κ3) is 2.21. The minimum Gasteiger partial charge on any atom is -0.359 e. The highest BCUT2D eigenvalue weighted by Gasteiger charge is 2.06. The number of hydrogen-bond donors (Lipinski definition) is 2.